The number of likely N-dealkylation sites (tertiary alicyclic amines) is 1. The van der Waals surface area contributed by atoms with E-state index in [0.29, 0.717) is 28.1 Å². The van der Waals surface area contributed by atoms with Crippen molar-refractivity contribution in [2.24, 2.45) is 11.8 Å². The van der Waals surface area contributed by atoms with Gasteiger partial charge in [0.15, 0.2) is 0 Å². The third kappa shape index (κ3) is 4.44. The number of piperidine rings is 1. The van der Waals surface area contributed by atoms with Gasteiger partial charge in [-0.05, 0) is 30.4 Å². The number of rotatable bonds is 3. The van der Waals surface area contributed by atoms with E-state index >= 15 is 0 Å². The van der Waals surface area contributed by atoms with Crippen molar-refractivity contribution in [2.45, 2.75) is 32.9 Å². The molecule has 0 spiro atoms. The highest BCUT2D eigenvalue weighted by atomic mass is 32.1. The summed E-state index contributed by atoms with van der Waals surface area (Å²) in [6.07, 6.45) is -2.98. The Morgan fingerprint density at radius 3 is 2.38 bits per heavy atom. The maximum atomic E-state index is 12.6. The Hall–Kier alpha value is -1.89. The second kappa shape index (κ2) is 7.39. The van der Waals surface area contributed by atoms with Gasteiger partial charge in [0, 0.05) is 24.0 Å². The Morgan fingerprint density at radius 1 is 1.19 bits per heavy atom. The van der Waals surface area contributed by atoms with Gasteiger partial charge in [-0.2, -0.15) is 13.2 Å². The molecule has 2 unspecified atom stereocenters. The van der Waals surface area contributed by atoms with Gasteiger partial charge >= 0.3 is 6.18 Å². The first-order valence-electron chi connectivity index (χ1n) is 8.62. The van der Waals surface area contributed by atoms with Gasteiger partial charge in [0.2, 0.25) is 5.91 Å². The van der Waals surface area contributed by atoms with Crippen LogP contribution in [0, 0.1) is 11.8 Å². The first kappa shape index (κ1) is 18.9. The van der Waals surface area contributed by atoms with Crippen LogP contribution in [0.2, 0.25) is 0 Å². The zero-order valence-corrected chi connectivity index (χ0v) is 15.5. The van der Waals surface area contributed by atoms with Crippen molar-refractivity contribution in [1.29, 1.82) is 0 Å². The van der Waals surface area contributed by atoms with E-state index in [9.17, 15) is 18.0 Å². The average Bonchev–Trinajstić information content (AvgIpc) is 3.01. The molecule has 0 bridgehead atoms. The topological polar surface area (TPSA) is 33.2 Å². The fourth-order valence-corrected chi connectivity index (χ4v) is 4.28. The number of amides is 1. The minimum atomic E-state index is -4.35. The highest BCUT2D eigenvalue weighted by molar-refractivity contribution is 7.13. The number of carbonyl (C=O) groups excluding carboxylic acids is 1. The van der Waals surface area contributed by atoms with Crippen molar-refractivity contribution in [2.75, 3.05) is 13.1 Å². The molecule has 1 aromatic heterocycles. The summed E-state index contributed by atoms with van der Waals surface area (Å²) >= 11 is 1.34. The Balaban J connectivity index is 1.67. The number of carbonyl (C=O) groups is 1. The molecule has 140 valence electrons. The predicted octanol–water partition coefficient (Wildman–Crippen LogP) is 4.88. The molecule has 1 aromatic carbocycles. The molecule has 2 aromatic rings. The van der Waals surface area contributed by atoms with Crippen LogP contribution in [-0.4, -0.2) is 28.9 Å². The summed E-state index contributed by atoms with van der Waals surface area (Å²) in [5.41, 5.74) is 0.615. The number of hydrogen-bond donors (Lipinski definition) is 0. The molecule has 1 fully saturated rings. The highest BCUT2D eigenvalue weighted by Crippen LogP contribution is 2.32. The Kier molecular flexibility index (Phi) is 5.37. The summed E-state index contributed by atoms with van der Waals surface area (Å²) < 4.78 is 37.9. The van der Waals surface area contributed by atoms with Gasteiger partial charge in [-0.25, -0.2) is 4.98 Å². The molecule has 2 heterocycles. The molecule has 26 heavy (non-hydrogen) atoms. The molecular formula is C19H21F3N2OS. The lowest BCUT2D eigenvalue weighted by Crippen LogP contribution is -2.43. The van der Waals surface area contributed by atoms with E-state index in [-0.39, 0.29) is 12.3 Å². The average molecular weight is 382 g/mol. The third-order valence-electron chi connectivity index (χ3n) is 4.56. The van der Waals surface area contributed by atoms with E-state index in [0.717, 1.165) is 31.6 Å². The molecular weight excluding hydrogens is 361 g/mol. The zero-order valence-electron chi connectivity index (χ0n) is 14.7. The van der Waals surface area contributed by atoms with Crippen molar-refractivity contribution in [1.82, 2.24) is 9.88 Å². The summed E-state index contributed by atoms with van der Waals surface area (Å²) in [6, 6.07) is 4.94. The first-order valence-corrected chi connectivity index (χ1v) is 9.50. The fraction of sp³-hybridized carbons (Fsp3) is 0.474. The van der Waals surface area contributed by atoms with Crippen molar-refractivity contribution in [3.05, 3.63) is 40.9 Å². The van der Waals surface area contributed by atoms with Gasteiger partial charge in [0.25, 0.3) is 0 Å². The quantitative estimate of drug-likeness (QED) is 0.758. The number of benzene rings is 1. The van der Waals surface area contributed by atoms with Gasteiger partial charge in [-0.1, -0.05) is 26.0 Å². The van der Waals surface area contributed by atoms with Crippen molar-refractivity contribution in [3.8, 4) is 10.6 Å². The lowest BCUT2D eigenvalue weighted by Gasteiger charge is -2.35. The molecule has 0 aliphatic carbocycles. The number of aromatic nitrogens is 1. The van der Waals surface area contributed by atoms with Crippen molar-refractivity contribution >= 4 is 17.2 Å². The summed E-state index contributed by atoms with van der Waals surface area (Å²) in [5, 5.41) is 2.43. The Bertz CT molecular complexity index is 760. The fourth-order valence-electron chi connectivity index (χ4n) is 3.46. The monoisotopic (exact) mass is 382 g/mol. The maximum absolute atomic E-state index is 12.6. The SMILES string of the molecule is CC1CC(C)CN(C(=O)Cc2csc(-c3ccc(C(F)(F)F)cc3)n2)C1. The molecule has 0 saturated carbocycles. The van der Waals surface area contributed by atoms with Crippen LogP contribution in [0.4, 0.5) is 13.2 Å². The van der Waals surface area contributed by atoms with Crippen LogP contribution in [0.15, 0.2) is 29.6 Å². The van der Waals surface area contributed by atoms with E-state index in [2.05, 4.69) is 18.8 Å². The van der Waals surface area contributed by atoms with Gasteiger partial charge in [0.05, 0.1) is 17.7 Å². The standard InChI is InChI=1S/C19H21F3N2OS/c1-12-7-13(2)10-24(9-12)17(25)8-16-11-26-18(23-16)14-3-5-15(6-4-14)19(20,21)22/h3-6,11-13H,7-10H2,1-2H3. The molecule has 0 radical (unpaired) electrons. The number of hydrogen-bond acceptors (Lipinski definition) is 3. The van der Waals surface area contributed by atoms with Crippen LogP contribution in [-0.2, 0) is 17.4 Å². The Morgan fingerprint density at radius 2 is 1.81 bits per heavy atom. The van der Waals surface area contributed by atoms with E-state index in [1.54, 1.807) is 0 Å². The molecule has 1 aliphatic heterocycles. The van der Waals surface area contributed by atoms with Crippen molar-refractivity contribution < 1.29 is 18.0 Å². The second-order valence-corrected chi connectivity index (χ2v) is 8.00. The molecule has 1 saturated heterocycles. The predicted molar refractivity (Wildman–Crippen MR) is 95.8 cm³/mol. The minimum Gasteiger partial charge on any atom is -0.342 e. The van der Waals surface area contributed by atoms with Crippen molar-refractivity contribution in [3.63, 3.8) is 0 Å². The van der Waals surface area contributed by atoms with Crippen LogP contribution in [0.25, 0.3) is 10.6 Å². The van der Waals surface area contributed by atoms with Crippen LogP contribution in [0.1, 0.15) is 31.5 Å². The van der Waals surface area contributed by atoms with Crippen LogP contribution < -0.4 is 0 Å². The van der Waals surface area contributed by atoms with E-state index in [4.69, 9.17) is 0 Å². The minimum absolute atomic E-state index is 0.0627. The normalized spacial score (nSPS) is 21.0. The third-order valence-corrected chi connectivity index (χ3v) is 5.51. The molecule has 3 rings (SSSR count). The zero-order chi connectivity index (χ0) is 18.9. The lowest BCUT2D eigenvalue weighted by molar-refractivity contribution is -0.137. The number of nitrogens with zero attached hydrogens (tertiary/aromatic N) is 2. The number of halogens is 3. The number of thiazole rings is 1. The molecule has 7 heteroatoms. The second-order valence-electron chi connectivity index (χ2n) is 7.14. The summed E-state index contributed by atoms with van der Waals surface area (Å²) in [5.74, 6) is 1.06. The molecule has 1 amide bonds. The maximum Gasteiger partial charge on any atom is 0.416 e. The van der Waals surface area contributed by atoms with E-state index in [1.165, 1.54) is 23.5 Å². The van der Waals surface area contributed by atoms with Crippen LogP contribution >= 0.6 is 11.3 Å². The van der Waals surface area contributed by atoms with E-state index in [1.807, 2.05) is 10.3 Å². The van der Waals surface area contributed by atoms with Gasteiger partial charge in [-0.3, -0.25) is 4.79 Å². The van der Waals surface area contributed by atoms with E-state index < -0.39 is 11.7 Å². The highest BCUT2D eigenvalue weighted by Gasteiger charge is 2.30. The molecule has 2 atom stereocenters. The molecule has 1 aliphatic rings. The summed E-state index contributed by atoms with van der Waals surface area (Å²) in [7, 11) is 0. The lowest BCUT2D eigenvalue weighted by atomic mass is 9.92. The first-order chi connectivity index (χ1) is 12.2. The van der Waals surface area contributed by atoms with Gasteiger partial charge < -0.3 is 4.90 Å². The van der Waals surface area contributed by atoms with Crippen LogP contribution in [0.3, 0.4) is 0 Å². The largest absolute Gasteiger partial charge is 0.416 e. The molecule has 3 nitrogen and oxygen atoms in total. The molecule has 0 N–H and O–H groups in total. The Labute approximate surface area is 154 Å². The van der Waals surface area contributed by atoms with Crippen LogP contribution in [0.5, 0.6) is 0 Å². The summed E-state index contributed by atoms with van der Waals surface area (Å²) in [6.45, 7) is 5.86. The smallest absolute Gasteiger partial charge is 0.342 e. The summed E-state index contributed by atoms with van der Waals surface area (Å²) in [4.78, 5) is 18.9. The number of alkyl halides is 3. The van der Waals surface area contributed by atoms with Gasteiger partial charge in [0.1, 0.15) is 5.01 Å². The van der Waals surface area contributed by atoms with Gasteiger partial charge in [-0.15, -0.1) is 11.3 Å².